The van der Waals surface area contributed by atoms with E-state index in [9.17, 15) is 4.39 Å². The van der Waals surface area contributed by atoms with E-state index in [1.54, 1.807) is 24.4 Å². The van der Waals surface area contributed by atoms with Crippen LogP contribution in [0.15, 0.2) is 53.5 Å². The maximum absolute atomic E-state index is 13.1. The highest BCUT2D eigenvalue weighted by molar-refractivity contribution is 6.43. The van der Waals surface area contributed by atoms with Gasteiger partial charge in [0.2, 0.25) is 0 Å². The minimum Gasteiger partial charge on any atom is -0.318 e. The van der Waals surface area contributed by atoms with E-state index in [0.29, 0.717) is 15.7 Å². The van der Waals surface area contributed by atoms with Gasteiger partial charge in [0.1, 0.15) is 5.82 Å². The Bertz CT molecular complexity index is 912. The van der Waals surface area contributed by atoms with Crippen LogP contribution in [-0.2, 0) is 0 Å². The van der Waals surface area contributed by atoms with Crippen molar-refractivity contribution in [1.82, 2.24) is 4.57 Å². The lowest BCUT2D eigenvalue weighted by molar-refractivity contribution is 0.627. The van der Waals surface area contributed by atoms with Gasteiger partial charge in [-0.3, -0.25) is 4.99 Å². The van der Waals surface area contributed by atoms with Crippen LogP contribution in [0.3, 0.4) is 0 Å². The fourth-order valence-corrected chi connectivity index (χ4v) is 2.98. The normalized spacial score (nSPS) is 11.4. The Hall–Kier alpha value is -2.10. The Morgan fingerprint density at radius 1 is 1.04 bits per heavy atom. The van der Waals surface area contributed by atoms with E-state index >= 15 is 0 Å². The smallest absolute Gasteiger partial charge is 0.123 e. The molecular formula is C19H15Cl2FN2. The molecule has 2 aromatic carbocycles. The van der Waals surface area contributed by atoms with E-state index in [1.165, 1.54) is 12.1 Å². The van der Waals surface area contributed by atoms with Gasteiger partial charge in [0, 0.05) is 28.9 Å². The average Bonchev–Trinajstić information content (AvgIpc) is 2.84. The van der Waals surface area contributed by atoms with Crippen LogP contribution in [0.5, 0.6) is 0 Å². The van der Waals surface area contributed by atoms with E-state index in [-0.39, 0.29) is 5.82 Å². The molecule has 5 heteroatoms. The number of aliphatic imine (C=N–C) groups is 1. The molecule has 1 aromatic heterocycles. The van der Waals surface area contributed by atoms with Crippen molar-refractivity contribution in [3.8, 4) is 5.69 Å². The number of hydrogen-bond acceptors (Lipinski definition) is 1. The molecule has 0 N–H and O–H groups in total. The third-order valence-corrected chi connectivity index (χ3v) is 4.64. The van der Waals surface area contributed by atoms with Crippen molar-refractivity contribution in [2.24, 2.45) is 4.99 Å². The molecule has 0 amide bonds. The molecule has 122 valence electrons. The van der Waals surface area contributed by atoms with Crippen molar-refractivity contribution in [3.63, 3.8) is 0 Å². The van der Waals surface area contributed by atoms with Gasteiger partial charge in [0.15, 0.2) is 0 Å². The molecule has 0 spiro atoms. The van der Waals surface area contributed by atoms with Crippen molar-refractivity contribution in [3.05, 3.63) is 81.3 Å². The Balaban J connectivity index is 1.98. The Morgan fingerprint density at radius 2 is 1.75 bits per heavy atom. The van der Waals surface area contributed by atoms with Gasteiger partial charge in [0.05, 0.1) is 15.7 Å². The fraction of sp³-hybridized carbons (Fsp3) is 0.105. The predicted octanol–water partition coefficient (Wildman–Crippen LogP) is 6.29. The van der Waals surface area contributed by atoms with E-state index < -0.39 is 0 Å². The van der Waals surface area contributed by atoms with Crippen LogP contribution in [0.2, 0.25) is 10.0 Å². The van der Waals surface area contributed by atoms with Gasteiger partial charge in [-0.2, -0.15) is 0 Å². The van der Waals surface area contributed by atoms with Gasteiger partial charge >= 0.3 is 0 Å². The van der Waals surface area contributed by atoms with Crippen molar-refractivity contribution in [2.75, 3.05) is 0 Å². The number of hydrogen-bond donors (Lipinski definition) is 0. The minimum atomic E-state index is -0.251. The maximum Gasteiger partial charge on any atom is 0.123 e. The summed E-state index contributed by atoms with van der Waals surface area (Å²) in [6.07, 6.45) is 1.76. The first-order valence-electron chi connectivity index (χ1n) is 7.40. The summed E-state index contributed by atoms with van der Waals surface area (Å²) in [6, 6.07) is 13.8. The van der Waals surface area contributed by atoms with Crippen molar-refractivity contribution < 1.29 is 4.39 Å². The van der Waals surface area contributed by atoms with Crippen molar-refractivity contribution in [2.45, 2.75) is 13.8 Å². The lowest BCUT2D eigenvalue weighted by Crippen LogP contribution is -1.99. The van der Waals surface area contributed by atoms with Gasteiger partial charge < -0.3 is 4.57 Å². The Morgan fingerprint density at radius 3 is 2.46 bits per heavy atom. The van der Waals surface area contributed by atoms with Gasteiger partial charge in [-0.1, -0.05) is 29.3 Å². The quantitative estimate of drug-likeness (QED) is 0.488. The molecule has 0 unspecified atom stereocenters. The summed E-state index contributed by atoms with van der Waals surface area (Å²) >= 11 is 12.2. The molecule has 0 saturated carbocycles. The lowest BCUT2D eigenvalue weighted by atomic mass is 10.2. The van der Waals surface area contributed by atoms with E-state index in [1.807, 2.05) is 32.0 Å². The lowest BCUT2D eigenvalue weighted by Gasteiger charge is -2.09. The molecule has 0 aliphatic rings. The highest BCUT2D eigenvalue weighted by atomic mass is 35.5. The summed E-state index contributed by atoms with van der Waals surface area (Å²) < 4.78 is 15.2. The first-order valence-corrected chi connectivity index (χ1v) is 8.16. The Kier molecular flexibility index (Phi) is 4.74. The van der Waals surface area contributed by atoms with E-state index in [0.717, 1.165) is 22.6 Å². The Labute approximate surface area is 150 Å². The maximum atomic E-state index is 13.1. The van der Waals surface area contributed by atoms with Crippen LogP contribution in [0.25, 0.3) is 5.69 Å². The third-order valence-electron chi connectivity index (χ3n) is 3.83. The second kappa shape index (κ2) is 6.80. The van der Waals surface area contributed by atoms with Crippen LogP contribution in [0.1, 0.15) is 17.0 Å². The fourth-order valence-electron chi connectivity index (χ4n) is 2.64. The number of halogens is 3. The summed E-state index contributed by atoms with van der Waals surface area (Å²) in [5.41, 5.74) is 4.55. The summed E-state index contributed by atoms with van der Waals surface area (Å²) in [4.78, 5) is 4.45. The van der Waals surface area contributed by atoms with Crippen LogP contribution in [0.4, 0.5) is 10.1 Å². The molecule has 0 radical (unpaired) electrons. The first-order chi connectivity index (χ1) is 11.5. The van der Waals surface area contributed by atoms with Crippen molar-refractivity contribution in [1.29, 1.82) is 0 Å². The molecule has 0 atom stereocenters. The highest BCUT2D eigenvalue weighted by Crippen LogP contribution is 2.31. The van der Waals surface area contributed by atoms with Gasteiger partial charge in [0.25, 0.3) is 0 Å². The molecular weight excluding hydrogens is 346 g/mol. The zero-order chi connectivity index (χ0) is 17.3. The number of aromatic nitrogens is 1. The molecule has 0 saturated heterocycles. The summed E-state index contributed by atoms with van der Waals surface area (Å²) in [5, 5.41) is 0.908. The zero-order valence-corrected chi connectivity index (χ0v) is 14.7. The van der Waals surface area contributed by atoms with Gasteiger partial charge in [-0.25, -0.2) is 4.39 Å². The molecule has 3 aromatic rings. The molecule has 24 heavy (non-hydrogen) atoms. The average molecular weight is 361 g/mol. The number of nitrogens with zero attached hydrogens (tertiary/aromatic N) is 2. The molecule has 0 aliphatic carbocycles. The number of benzene rings is 2. The monoisotopic (exact) mass is 360 g/mol. The van der Waals surface area contributed by atoms with Gasteiger partial charge in [-0.05, 0) is 56.3 Å². The molecule has 2 nitrogen and oxygen atoms in total. The summed E-state index contributed by atoms with van der Waals surface area (Å²) in [5.74, 6) is -0.251. The summed E-state index contributed by atoms with van der Waals surface area (Å²) in [6.45, 7) is 4.00. The van der Waals surface area contributed by atoms with Crippen LogP contribution >= 0.6 is 23.2 Å². The molecule has 3 rings (SSSR count). The van der Waals surface area contributed by atoms with Crippen LogP contribution in [0, 0.1) is 19.7 Å². The van der Waals surface area contributed by atoms with Crippen LogP contribution in [-0.4, -0.2) is 10.8 Å². The minimum absolute atomic E-state index is 0.251. The zero-order valence-electron chi connectivity index (χ0n) is 13.2. The number of rotatable bonds is 3. The second-order valence-electron chi connectivity index (χ2n) is 5.47. The largest absolute Gasteiger partial charge is 0.318 e. The first kappa shape index (κ1) is 16.7. The van der Waals surface area contributed by atoms with Crippen molar-refractivity contribution >= 4 is 35.1 Å². The SMILES string of the molecule is Cc1cc(C=Nc2cccc(Cl)c2Cl)c(C)n1-c1ccc(F)cc1. The summed E-state index contributed by atoms with van der Waals surface area (Å²) in [7, 11) is 0. The molecule has 0 fully saturated rings. The van der Waals surface area contributed by atoms with E-state index in [4.69, 9.17) is 23.2 Å². The second-order valence-corrected chi connectivity index (χ2v) is 6.25. The molecule has 1 heterocycles. The van der Waals surface area contributed by atoms with Crippen LogP contribution < -0.4 is 0 Å². The predicted molar refractivity (Wildman–Crippen MR) is 98.9 cm³/mol. The standard InChI is InChI=1S/C19H15Cl2FN2/c1-12-10-14(11-23-18-5-3-4-17(20)19(18)21)13(2)24(12)16-8-6-15(22)7-9-16/h3-11H,1-2H3. The molecule has 0 bridgehead atoms. The topological polar surface area (TPSA) is 17.3 Å². The highest BCUT2D eigenvalue weighted by Gasteiger charge is 2.10. The van der Waals surface area contributed by atoms with E-state index in [2.05, 4.69) is 9.56 Å². The third kappa shape index (κ3) is 3.23. The van der Waals surface area contributed by atoms with Gasteiger partial charge in [-0.15, -0.1) is 0 Å². The number of aryl methyl sites for hydroxylation is 1. The molecule has 0 aliphatic heterocycles.